The molecule has 1 aromatic heterocycles. The van der Waals surface area contributed by atoms with E-state index >= 15 is 0 Å². The van der Waals surface area contributed by atoms with Gasteiger partial charge < -0.3 is 10.2 Å². The molecule has 0 atom stereocenters. The van der Waals surface area contributed by atoms with Gasteiger partial charge in [0.1, 0.15) is 17.5 Å². The highest BCUT2D eigenvalue weighted by Gasteiger charge is 2.24. The van der Waals surface area contributed by atoms with E-state index in [4.69, 9.17) is 9.97 Å². The Bertz CT molecular complexity index is 486. The lowest BCUT2D eigenvalue weighted by Gasteiger charge is -2.32. The van der Waals surface area contributed by atoms with E-state index in [0.29, 0.717) is 0 Å². The second kappa shape index (κ2) is 6.20. The normalized spacial score (nSPS) is 15.7. The van der Waals surface area contributed by atoms with E-state index in [2.05, 4.69) is 51.9 Å². The summed E-state index contributed by atoms with van der Waals surface area (Å²) in [5.74, 6) is 3.82. The molecule has 4 heteroatoms. The smallest absolute Gasteiger partial charge is 0.138 e. The fraction of sp³-hybridized carbons (Fsp3) is 0.765. The fourth-order valence-electron chi connectivity index (χ4n) is 2.70. The van der Waals surface area contributed by atoms with Crippen molar-refractivity contribution in [1.82, 2.24) is 9.97 Å². The van der Waals surface area contributed by atoms with Crippen LogP contribution in [0.3, 0.4) is 0 Å². The molecule has 0 aliphatic heterocycles. The van der Waals surface area contributed by atoms with E-state index in [9.17, 15) is 0 Å². The van der Waals surface area contributed by atoms with Gasteiger partial charge in [0.15, 0.2) is 0 Å². The van der Waals surface area contributed by atoms with Gasteiger partial charge in [-0.3, -0.25) is 0 Å². The Morgan fingerprint density at radius 3 is 2.38 bits per heavy atom. The van der Waals surface area contributed by atoms with Crippen molar-refractivity contribution < 1.29 is 0 Å². The molecular formula is C17H30N4. The Hall–Kier alpha value is -1.32. The summed E-state index contributed by atoms with van der Waals surface area (Å²) >= 11 is 0. The molecule has 1 aromatic rings. The second-order valence-corrected chi connectivity index (χ2v) is 7.30. The molecule has 1 N–H and O–H groups in total. The molecule has 4 nitrogen and oxygen atoms in total. The zero-order chi connectivity index (χ0) is 15.6. The van der Waals surface area contributed by atoms with Gasteiger partial charge in [0.05, 0.1) is 0 Å². The van der Waals surface area contributed by atoms with Crippen LogP contribution in [-0.2, 0) is 5.41 Å². The van der Waals surface area contributed by atoms with Gasteiger partial charge in [0, 0.05) is 31.1 Å². The molecule has 1 heterocycles. The van der Waals surface area contributed by atoms with Crippen LogP contribution in [0, 0.1) is 12.8 Å². The van der Waals surface area contributed by atoms with E-state index in [-0.39, 0.29) is 5.41 Å². The Labute approximate surface area is 129 Å². The van der Waals surface area contributed by atoms with Gasteiger partial charge in [-0.15, -0.1) is 0 Å². The zero-order valence-corrected chi connectivity index (χ0v) is 14.5. The molecule has 0 unspecified atom stereocenters. The minimum atomic E-state index is -0.0378. The third kappa shape index (κ3) is 3.66. The van der Waals surface area contributed by atoms with Gasteiger partial charge in [-0.2, -0.15) is 0 Å². The van der Waals surface area contributed by atoms with E-state index in [1.807, 2.05) is 0 Å². The predicted molar refractivity (Wildman–Crippen MR) is 90.2 cm³/mol. The summed E-state index contributed by atoms with van der Waals surface area (Å²) in [5.41, 5.74) is 1.12. The highest BCUT2D eigenvalue weighted by atomic mass is 15.2. The van der Waals surface area contributed by atoms with Crippen LogP contribution < -0.4 is 10.2 Å². The molecular weight excluding hydrogens is 260 g/mol. The van der Waals surface area contributed by atoms with E-state index < -0.39 is 0 Å². The van der Waals surface area contributed by atoms with Gasteiger partial charge in [0.25, 0.3) is 0 Å². The van der Waals surface area contributed by atoms with Gasteiger partial charge in [-0.25, -0.2) is 9.97 Å². The third-order valence-electron chi connectivity index (χ3n) is 4.25. The molecule has 1 saturated carbocycles. The summed E-state index contributed by atoms with van der Waals surface area (Å²) in [6, 6.07) is 0. The lowest BCUT2D eigenvalue weighted by atomic mass is 9.85. The maximum Gasteiger partial charge on any atom is 0.138 e. The molecule has 1 aliphatic carbocycles. The van der Waals surface area contributed by atoms with Gasteiger partial charge in [-0.1, -0.05) is 27.2 Å². The fourth-order valence-corrected chi connectivity index (χ4v) is 2.70. The molecule has 118 valence electrons. The molecule has 0 radical (unpaired) electrons. The van der Waals surface area contributed by atoms with Crippen LogP contribution in [0.2, 0.25) is 0 Å². The molecule has 0 amide bonds. The molecule has 21 heavy (non-hydrogen) atoms. The van der Waals surface area contributed by atoms with Crippen molar-refractivity contribution in [3.8, 4) is 0 Å². The summed E-state index contributed by atoms with van der Waals surface area (Å²) in [6.45, 7) is 12.7. The van der Waals surface area contributed by atoms with Crippen molar-refractivity contribution in [3.63, 3.8) is 0 Å². The van der Waals surface area contributed by atoms with Crippen LogP contribution in [-0.4, -0.2) is 30.1 Å². The maximum atomic E-state index is 4.87. The summed E-state index contributed by atoms with van der Waals surface area (Å²) in [6.07, 6.45) is 4.11. The van der Waals surface area contributed by atoms with E-state index in [1.54, 1.807) is 0 Å². The average molecular weight is 290 g/mol. The standard InChI is InChI=1S/C17H30N4/c1-7-18-14-12(2)15(20-16(19-14)17(3,4)5)21(6)11-13-9-8-10-13/h13H,7-11H2,1-6H3,(H,18,19,20). The first-order chi connectivity index (χ1) is 9.82. The summed E-state index contributed by atoms with van der Waals surface area (Å²) in [7, 11) is 2.16. The van der Waals surface area contributed by atoms with Gasteiger partial charge in [-0.05, 0) is 32.6 Å². The lowest BCUT2D eigenvalue weighted by Crippen LogP contribution is -2.31. The molecule has 2 rings (SSSR count). The quantitative estimate of drug-likeness (QED) is 0.896. The number of nitrogens with one attached hydrogen (secondary N) is 1. The Balaban J connectivity index is 2.34. The Morgan fingerprint density at radius 2 is 1.90 bits per heavy atom. The van der Waals surface area contributed by atoms with Crippen LogP contribution in [0.1, 0.15) is 58.3 Å². The molecule has 0 bridgehead atoms. The minimum Gasteiger partial charge on any atom is -0.370 e. The number of hydrogen-bond acceptors (Lipinski definition) is 4. The third-order valence-corrected chi connectivity index (χ3v) is 4.25. The van der Waals surface area contributed by atoms with E-state index in [1.165, 1.54) is 19.3 Å². The number of aromatic nitrogens is 2. The summed E-state index contributed by atoms with van der Waals surface area (Å²) in [4.78, 5) is 11.9. The van der Waals surface area contributed by atoms with Crippen molar-refractivity contribution in [2.75, 3.05) is 30.4 Å². The average Bonchev–Trinajstić information content (AvgIpc) is 2.35. The van der Waals surface area contributed by atoms with Crippen LogP contribution >= 0.6 is 0 Å². The van der Waals surface area contributed by atoms with Crippen molar-refractivity contribution in [1.29, 1.82) is 0 Å². The molecule has 0 aromatic carbocycles. The van der Waals surface area contributed by atoms with Crippen LogP contribution in [0.25, 0.3) is 0 Å². The van der Waals surface area contributed by atoms with Crippen LogP contribution in [0.5, 0.6) is 0 Å². The Kier molecular flexibility index (Phi) is 4.74. The SMILES string of the molecule is CCNc1nc(C(C)(C)C)nc(N(C)CC2CCC2)c1C. The number of hydrogen-bond donors (Lipinski definition) is 1. The predicted octanol–water partition coefficient (Wildman–Crippen LogP) is 3.75. The molecule has 1 fully saturated rings. The first kappa shape index (κ1) is 16.1. The molecule has 0 saturated heterocycles. The highest BCUT2D eigenvalue weighted by Crippen LogP contribution is 2.31. The van der Waals surface area contributed by atoms with Crippen molar-refractivity contribution in [2.45, 2.75) is 59.3 Å². The highest BCUT2D eigenvalue weighted by molar-refractivity contribution is 5.58. The molecule has 1 aliphatic rings. The first-order valence-corrected chi connectivity index (χ1v) is 8.17. The largest absolute Gasteiger partial charge is 0.370 e. The lowest BCUT2D eigenvalue weighted by molar-refractivity contribution is 0.320. The van der Waals surface area contributed by atoms with Crippen molar-refractivity contribution >= 4 is 11.6 Å². The number of rotatable bonds is 5. The monoisotopic (exact) mass is 290 g/mol. The van der Waals surface area contributed by atoms with Gasteiger partial charge >= 0.3 is 0 Å². The van der Waals surface area contributed by atoms with E-state index in [0.717, 1.165) is 42.0 Å². The number of nitrogens with zero attached hydrogens (tertiary/aromatic N) is 3. The zero-order valence-electron chi connectivity index (χ0n) is 14.5. The summed E-state index contributed by atoms with van der Waals surface area (Å²) in [5, 5.41) is 3.39. The second-order valence-electron chi connectivity index (χ2n) is 7.30. The van der Waals surface area contributed by atoms with Crippen molar-refractivity contribution in [2.24, 2.45) is 5.92 Å². The van der Waals surface area contributed by atoms with Gasteiger partial charge in [0.2, 0.25) is 0 Å². The topological polar surface area (TPSA) is 41.1 Å². The minimum absolute atomic E-state index is 0.0378. The first-order valence-electron chi connectivity index (χ1n) is 8.17. The number of anilines is 2. The maximum absolute atomic E-state index is 4.87. The Morgan fingerprint density at radius 1 is 1.24 bits per heavy atom. The van der Waals surface area contributed by atoms with Crippen molar-refractivity contribution in [3.05, 3.63) is 11.4 Å². The van der Waals surface area contributed by atoms with Crippen LogP contribution in [0.4, 0.5) is 11.6 Å². The molecule has 0 spiro atoms. The van der Waals surface area contributed by atoms with Crippen LogP contribution in [0.15, 0.2) is 0 Å². The summed E-state index contributed by atoms with van der Waals surface area (Å²) < 4.78 is 0.